The van der Waals surface area contributed by atoms with Gasteiger partial charge in [-0.15, -0.1) is 22.7 Å². The van der Waals surface area contributed by atoms with Crippen LogP contribution in [0.5, 0.6) is 0 Å². The van der Waals surface area contributed by atoms with E-state index in [2.05, 4.69) is 0 Å². The smallest absolute Gasteiger partial charge is 0.329 e. The van der Waals surface area contributed by atoms with Crippen molar-refractivity contribution in [3.63, 3.8) is 0 Å². The summed E-state index contributed by atoms with van der Waals surface area (Å²) < 4.78 is 11.5. The zero-order valence-electron chi connectivity index (χ0n) is 18.0. The molecule has 3 aromatic heterocycles. The van der Waals surface area contributed by atoms with Crippen molar-refractivity contribution in [3.8, 4) is 0 Å². The third kappa shape index (κ3) is 3.66. The molecule has 0 aliphatic carbocycles. The molecule has 3 heterocycles. The molecule has 0 saturated heterocycles. The summed E-state index contributed by atoms with van der Waals surface area (Å²) in [6, 6.07) is -2.21. The van der Waals surface area contributed by atoms with Gasteiger partial charge in [-0.1, -0.05) is 13.8 Å². The predicted octanol–water partition coefficient (Wildman–Crippen LogP) is 1.63. The summed E-state index contributed by atoms with van der Waals surface area (Å²) in [6.07, 6.45) is 0.311. The number of carbonyl (C=O) groups excluding carboxylic acids is 2. The lowest BCUT2D eigenvalue weighted by Crippen LogP contribution is -2.35. The number of hydrogen-bond donors (Lipinski definition) is 0. The lowest BCUT2D eigenvalue weighted by Gasteiger charge is -2.13. The summed E-state index contributed by atoms with van der Waals surface area (Å²) in [5.74, 6) is -1.41. The molecular weight excluding hydrogens is 460 g/mol. The predicted molar refractivity (Wildman–Crippen MR) is 121 cm³/mol. The summed E-state index contributed by atoms with van der Waals surface area (Å²) in [6.45, 7) is 6.70. The third-order valence-corrected chi connectivity index (χ3v) is 7.58. The van der Waals surface area contributed by atoms with Crippen molar-refractivity contribution in [2.75, 3.05) is 13.2 Å². The van der Waals surface area contributed by atoms with Crippen molar-refractivity contribution in [2.24, 2.45) is 0 Å². The fourth-order valence-corrected chi connectivity index (χ4v) is 5.90. The number of nitrogens with zero attached hydrogens (tertiary/aromatic N) is 2. The number of hydrogen-bond acceptors (Lipinski definition) is 10. The van der Waals surface area contributed by atoms with E-state index in [1.807, 2.05) is 0 Å². The van der Waals surface area contributed by atoms with Crippen LogP contribution in [0.1, 0.15) is 52.6 Å². The molecule has 0 N–H and O–H groups in total. The average Bonchev–Trinajstić information content (AvgIpc) is 3.15. The molecule has 10 nitrogen and oxygen atoms in total. The highest BCUT2D eigenvalue weighted by Crippen LogP contribution is 2.28. The fraction of sp³-hybridized carbons (Fsp3) is 0.500. The number of ether oxygens (including phenoxy) is 2. The van der Waals surface area contributed by atoms with Crippen molar-refractivity contribution in [3.05, 3.63) is 41.4 Å². The second kappa shape index (κ2) is 9.33. The first-order chi connectivity index (χ1) is 15.2. The molecule has 0 bridgehead atoms. The van der Waals surface area contributed by atoms with Gasteiger partial charge >= 0.3 is 11.9 Å². The van der Waals surface area contributed by atoms with Crippen LogP contribution < -0.4 is 22.2 Å². The van der Waals surface area contributed by atoms with Gasteiger partial charge in [0.1, 0.15) is 30.9 Å². The topological polar surface area (TPSA) is 131 Å². The highest BCUT2D eigenvalue weighted by Gasteiger charge is 2.31. The summed E-state index contributed by atoms with van der Waals surface area (Å²) in [5, 5.41) is 0. The fourth-order valence-electron chi connectivity index (χ4n) is 3.53. The lowest BCUT2D eigenvalue weighted by atomic mass is 10.2. The summed E-state index contributed by atoms with van der Waals surface area (Å²) in [5.41, 5.74) is -2.87. The minimum absolute atomic E-state index is 0.0197. The minimum Gasteiger partial charge on any atom is -0.464 e. The number of aromatic nitrogens is 2. The summed E-state index contributed by atoms with van der Waals surface area (Å²) >= 11 is 1.44. The van der Waals surface area contributed by atoms with Gasteiger partial charge < -0.3 is 9.47 Å². The quantitative estimate of drug-likeness (QED) is 0.443. The molecule has 0 aromatic carbocycles. The molecule has 12 heteroatoms. The lowest BCUT2D eigenvalue weighted by molar-refractivity contribution is -0.148. The number of carbonyl (C=O) groups is 2. The Balaban J connectivity index is 2.30. The second-order valence-electron chi connectivity index (χ2n) is 6.83. The van der Waals surface area contributed by atoms with Gasteiger partial charge in [0.05, 0.1) is 13.2 Å². The third-order valence-electron chi connectivity index (χ3n) is 4.99. The minimum atomic E-state index is -1.10. The number of rotatable bonds is 8. The van der Waals surface area contributed by atoms with Crippen LogP contribution in [0.4, 0.5) is 0 Å². The van der Waals surface area contributed by atoms with Gasteiger partial charge in [0.15, 0.2) is 0 Å². The molecule has 0 radical (unpaired) electrons. The van der Waals surface area contributed by atoms with Gasteiger partial charge in [-0.05, 0) is 26.7 Å². The first-order valence-electron chi connectivity index (χ1n) is 10.2. The first-order valence-corrected chi connectivity index (χ1v) is 11.8. The van der Waals surface area contributed by atoms with Gasteiger partial charge in [0, 0.05) is 0 Å². The molecule has 3 rings (SSSR count). The van der Waals surface area contributed by atoms with Crippen LogP contribution in [0.25, 0.3) is 18.8 Å². The zero-order chi connectivity index (χ0) is 23.7. The average molecular weight is 483 g/mol. The molecule has 0 amide bonds. The monoisotopic (exact) mass is 482 g/mol. The number of fused-ring (bicyclic) bond motifs is 2. The maximum absolute atomic E-state index is 13.0. The molecule has 32 heavy (non-hydrogen) atoms. The van der Waals surface area contributed by atoms with Gasteiger partial charge in [-0.3, -0.25) is 28.3 Å². The molecule has 2 atom stereocenters. The molecule has 3 aromatic rings. The standard InChI is InChI=1S/C20H22N2O8S2/c1-5-9(19(27)29-7-3)21-15(23)11-12(16(21)24)32-14-13(31-11)17(25)22(18(14)26)10(6-2)20(28)30-8-4/h9-10H,5-8H2,1-4H3. The number of esters is 2. The van der Waals surface area contributed by atoms with Crippen LogP contribution in [0.2, 0.25) is 0 Å². The Bertz CT molecular complexity index is 1230. The van der Waals surface area contributed by atoms with E-state index in [9.17, 15) is 28.8 Å². The van der Waals surface area contributed by atoms with Crippen molar-refractivity contribution in [1.82, 2.24) is 9.13 Å². The molecule has 0 fully saturated rings. The maximum atomic E-state index is 13.0. The zero-order valence-corrected chi connectivity index (χ0v) is 19.6. The van der Waals surface area contributed by atoms with Crippen LogP contribution in [0.15, 0.2) is 19.2 Å². The van der Waals surface area contributed by atoms with Crippen LogP contribution in [0.3, 0.4) is 0 Å². The van der Waals surface area contributed by atoms with E-state index in [-0.39, 0.29) is 44.9 Å². The maximum Gasteiger partial charge on any atom is 0.329 e. The van der Waals surface area contributed by atoms with E-state index >= 15 is 0 Å². The van der Waals surface area contributed by atoms with Gasteiger partial charge in [0.25, 0.3) is 22.2 Å². The van der Waals surface area contributed by atoms with Crippen molar-refractivity contribution >= 4 is 53.4 Å². The molecule has 0 saturated carbocycles. The summed E-state index contributed by atoms with van der Waals surface area (Å²) in [4.78, 5) is 76.5. The molecule has 0 spiro atoms. The van der Waals surface area contributed by atoms with Crippen LogP contribution in [-0.4, -0.2) is 34.3 Å². The van der Waals surface area contributed by atoms with E-state index in [1.54, 1.807) is 27.7 Å². The van der Waals surface area contributed by atoms with Gasteiger partial charge in [-0.2, -0.15) is 0 Å². The molecule has 0 aliphatic heterocycles. The Morgan fingerprint density at radius 2 is 0.938 bits per heavy atom. The van der Waals surface area contributed by atoms with Crippen LogP contribution in [0, 0.1) is 0 Å². The molecule has 2 unspecified atom stereocenters. The Hall–Kier alpha value is -2.86. The Labute approximate surface area is 189 Å². The van der Waals surface area contributed by atoms with Crippen molar-refractivity contribution in [2.45, 2.75) is 52.6 Å². The van der Waals surface area contributed by atoms with Crippen molar-refractivity contribution in [1.29, 1.82) is 0 Å². The highest BCUT2D eigenvalue weighted by atomic mass is 32.1. The normalized spacial score (nSPS) is 13.4. The largest absolute Gasteiger partial charge is 0.464 e. The van der Waals surface area contributed by atoms with E-state index in [0.717, 1.165) is 31.8 Å². The summed E-state index contributed by atoms with van der Waals surface area (Å²) in [7, 11) is 0. The van der Waals surface area contributed by atoms with E-state index in [4.69, 9.17) is 9.47 Å². The highest BCUT2D eigenvalue weighted by molar-refractivity contribution is 7.36. The van der Waals surface area contributed by atoms with Gasteiger partial charge in [0.2, 0.25) is 0 Å². The SMILES string of the molecule is CCOC(=O)C(CC)n1c(=O)c2sc3c(=O)n(C(CC)C(=O)OCC)c(=O)c3sc2c1=O. The Morgan fingerprint density at radius 1 is 0.656 bits per heavy atom. The second-order valence-corrected chi connectivity index (χ2v) is 8.87. The Kier molecular flexibility index (Phi) is 6.94. The molecule has 0 aliphatic rings. The molecular formula is C20H22N2O8S2. The Morgan fingerprint density at radius 3 is 1.16 bits per heavy atom. The van der Waals surface area contributed by atoms with Gasteiger partial charge in [-0.25, -0.2) is 9.59 Å². The van der Waals surface area contributed by atoms with E-state index in [1.165, 1.54) is 0 Å². The van der Waals surface area contributed by atoms with Crippen LogP contribution in [-0.2, 0) is 19.1 Å². The van der Waals surface area contributed by atoms with E-state index in [0.29, 0.717) is 0 Å². The first kappa shape index (κ1) is 23.8. The molecule has 172 valence electrons. The van der Waals surface area contributed by atoms with Crippen LogP contribution >= 0.6 is 22.7 Å². The van der Waals surface area contributed by atoms with Crippen molar-refractivity contribution < 1.29 is 19.1 Å². The van der Waals surface area contributed by atoms with E-state index < -0.39 is 46.3 Å².